The molecule has 0 radical (unpaired) electrons. The van der Waals surface area contributed by atoms with E-state index in [1.807, 2.05) is 42.2 Å². The molecule has 128 valence electrons. The number of hydrogen-bond donors (Lipinski definition) is 3. The number of rotatable bonds is 10. The van der Waals surface area contributed by atoms with Gasteiger partial charge in [0.1, 0.15) is 18.5 Å². The van der Waals surface area contributed by atoms with E-state index in [1.54, 1.807) is 0 Å². The second-order valence-electron chi connectivity index (χ2n) is 5.97. The lowest BCUT2D eigenvalue weighted by atomic mass is 10.2. The molecule has 0 saturated carbocycles. The van der Waals surface area contributed by atoms with E-state index in [-0.39, 0.29) is 11.5 Å². The van der Waals surface area contributed by atoms with Crippen molar-refractivity contribution in [1.29, 1.82) is 0 Å². The highest BCUT2D eigenvalue weighted by Crippen LogP contribution is 2.26. The molecule has 0 fully saturated rings. The Morgan fingerprint density at radius 1 is 1.35 bits per heavy atom. The summed E-state index contributed by atoms with van der Waals surface area (Å²) >= 11 is 1.92. The van der Waals surface area contributed by atoms with Gasteiger partial charge in [-0.15, -0.1) is 11.8 Å². The smallest absolute Gasteiger partial charge is 0.128 e. The quantitative estimate of drug-likeness (QED) is 0.578. The van der Waals surface area contributed by atoms with E-state index in [2.05, 4.69) is 31.1 Å². The molecule has 2 atom stereocenters. The van der Waals surface area contributed by atoms with Crippen LogP contribution in [0.25, 0.3) is 10.9 Å². The van der Waals surface area contributed by atoms with Gasteiger partial charge in [0.05, 0.1) is 4.87 Å². The summed E-state index contributed by atoms with van der Waals surface area (Å²) in [6, 6.07) is 7.89. The number of aromatic nitrogens is 1. The predicted molar refractivity (Wildman–Crippen MR) is 99.2 cm³/mol. The largest absolute Gasteiger partial charge is 0.490 e. The van der Waals surface area contributed by atoms with Gasteiger partial charge in [-0.25, -0.2) is 0 Å². The van der Waals surface area contributed by atoms with Crippen molar-refractivity contribution >= 4 is 22.7 Å². The Kier molecular flexibility index (Phi) is 6.81. The Morgan fingerprint density at radius 2 is 2.17 bits per heavy atom. The molecule has 0 amide bonds. The van der Waals surface area contributed by atoms with Gasteiger partial charge in [0.15, 0.2) is 0 Å². The van der Waals surface area contributed by atoms with Crippen LogP contribution in [0.3, 0.4) is 0 Å². The summed E-state index contributed by atoms with van der Waals surface area (Å²) in [6.45, 7) is 7.37. The topological polar surface area (TPSA) is 57.3 Å². The van der Waals surface area contributed by atoms with Crippen molar-refractivity contribution in [3.05, 3.63) is 30.5 Å². The highest BCUT2D eigenvalue weighted by molar-refractivity contribution is 8.00. The van der Waals surface area contributed by atoms with Gasteiger partial charge < -0.3 is 20.1 Å². The van der Waals surface area contributed by atoms with Crippen LogP contribution < -0.4 is 10.1 Å². The molecule has 2 rings (SSSR count). The van der Waals surface area contributed by atoms with E-state index >= 15 is 0 Å². The highest BCUT2D eigenvalue weighted by Gasteiger charge is 2.22. The Bertz CT molecular complexity index is 601. The minimum absolute atomic E-state index is 0.0115. The van der Waals surface area contributed by atoms with Crippen molar-refractivity contribution in [2.24, 2.45) is 0 Å². The monoisotopic (exact) mass is 336 g/mol. The number of aromatic amines is 1. The Morgan fingerprint density at radius 3 is 2.91 bits per heavy atom. The van der Waals surface area contributed by atoms with Gasteiger partial charge in [-0.05, 0) is 43.7 Å². The lowest BCUT2D eigenvalue weighted by Crippen LogP contribution is -2.44. The molecule has 0 spiro atoms. The summed E-state index contributed by atoms with van der Waals surface area (Å²) in [7, 11) is 0. The van der Waals surface area contributed by atoms with Crippen LogP contribution in [0.1, 0.15) is 33.6 Å². The van der Waals surface area contributed by atoms with Crippen molar-refractivity contribution in [3.8, 4) is 5.75 Å². The van der Waals surface area contributed by atoms with Crippen LogP contribution in [0, 0.1) is 0 Å². The van der Waals surface area contributed by atoms with E-state index in [1.165, 1.54) is 0 Å². The molecule has 0 saturated heterocycles. The van der Waals surface area contributed by atoms with Crippen molar-refractivity contribution < 1.29 is 9.84 Å². The van der Waals surface area contributed by atoms with Gasteiger partial charge in [-0.3, -0.25) is 0 Å². The first-order valence-electron chi connectivity index (χ1n) is 8.34. The molecule has 0 aliphatic heterocycles. The minimum atomic E-state index is -0.530. The number of thioether (sulfide) groups is 1. The molecule has 2 aromatic rings. The fraction of sp³-hybridized carbons (Fsp3) is 0.556. The first-order valence-corrected chi connectivity index (χ1v) is 9.32. The van der Waals surface area contributed by atoms with Gasteiger partial charge in [0.25, 0.3) is 0 Å². The number of aliphatic hydroxyl groups excluding tert-OH is 1. The number of hydrogen-bond acceptors (Lipinski definition) is 4. The second-order valence-corrected chi connectivity index (χ2v) is 7.57. The van der Waals surface area contributed by atoms with E-state index in [0.29, 0.717) is 6.54 Å². The maximum atomic E-state index is 10.2. The molecule has 0 aliphatic rings. The average molecular weight is 337 g/mol. The zero-order chi connectivity index (χ0) is 16.7. The van der Waals surface area contributed by atoms with Crippen molar-refractivity contribution in [2.75, 3.05) is 18.9 Å². The normalized spacial score (nSPS) is 15.5. The van der Waals surface area contributed by atoms with E-state index in [0.717, 1.165) is 35.2 Å². The molecule has 2 unspecified atom stereocenters. The molecule has 23 heavy (non-hydrogen) atoms. The zero-order valence-electron chi connectivity index (χ0n) is 14.3. The van der Waals surface area contributed by atoms with Gasteiger partial charge in [-0.2, -0.15) is 0 Å². The standard InChI is InChI=1S/C18H28N2O2S/c1-4-11-23-18(3,5-2)20-12-14(21)13-22-17-8-6-7-16-15(17)9-10-19-16/h6-10,14,19-21H,4-5,11-13H2,1-3H3. The van der Waals surface area contributed by atoms with Crippen LogP contribution in [0.4, 0.5) is 0 Å². The van der Waals surface area contributed by atoms with Crippen LogP contribution >= 0.6 is 11.8 Å². The third kappa shape index (κ3) is 5.16. The third-order valence-corrected chi connectivity index (χ3v) is 5.68. The second kappa shape index (κ2) is 8.62. The maximum absolute atomic E-state index is 10.2. The third-order valence-electron chi connectivity index (χ3n) is 4.00. The summed E-state index contributed by atoms with van der Waals surface area (Å²) in [5, 5.41) is 14.7. The fourth-order valence-corrected chi connectivity index (χ4v) is 3.41. The molecule has 4 nitrogen and oxygen atoms in total. The van der Waals surface area contributed by atoms with Crippen LogP contribution in [0.5, 0.6) is 5.75 Å². The fourth-order valence-electron chi connectivity index (χ4n) is 2.37. The first-order chi connectivity index (χ1) is 11.1. The number of nitrogens with one attached hydrogen (secondary N) is 2. The van der Waals surface area contributed by atoms with Crippen molar-refractivity contribution in [1.82, 2.24) is 10.3 Å². The molecular weight excluding hydrogens is 308 g/mol. The lowest BCUT2D eigenvalue weighted by Gasteiger charge is -2.30. The minimum Gasteiger partial charge on any atom is -0.490 e. The van der Waals surface area contributed by atoms with Crippen LogP contribution in [-0.4, -0.2) is 40.0 Å². The SMILES string of the molecule is CCCSC(C)(CC)NCC(O)COc1cccc2[nH]ccc12. The molecule has 5 heteroatoms. The lowest BCUT2D eigenvalue weighted by molar-refractivity contribution is 0.103. The Balaban J connectivity index is 1.83. The Hall–Kier alpha value is -1.17. The number of ether oxygens (including phenoxy) is 1. The van der Waals surface area contributed by atoms with Crippen LogP contribution in [-0.2, 0) is 0 Å². The van der Waals surface area contributed by atoms with Gasteiger partial charge in [0.2, 0.25) is 0 Å². The van der Waals surface area contributed by atoms with Crippen molar-refractivity contribution in [3.63, 3.8) is 0 Å². The molecule has 1 aromatic carbocycles. The number of fused-ring (bicyclic) bond motifs is 1. The molecular formula is C18H28N2O2S. The molecule has 1 aromatic heterocycles. The molecule has 0 bridgehead atoms. The zero-order valence-corrected chi connectivity index (χ0v) is 15.1. The van der Waals surface area contributed by atoms with Crippen LogP contribution in [0.15, 0.2) is 30.5 Å². The van der Waals surface area contributed by atoms with Gasteiger partial charge in [-0.1, -0.05) is 19.9 Å². The number of aliphatic hydroxyl groups is 1. The van der Waals surface area contributed by atoms with E-state index in [9.17, 15) is 5.11 Å². The summed E-state index contributed by atoms with van der Waals surface area (Å²) in [5.74, 6) is 1.93. The van der Waals surface area contributed by atoms with Gasteiger partial charge in [0, 0.05) is 23.6 Å². The number of benzene rings is 1. The summed E-state index contributed by atoms with van der Waals surface area (Å²) in [6.07, 6.45) is 3.55. The first kappa shape index (κ1) is 18.2. The molecule has 0 aliphatic carbocycles. The average Bonchev–Trinajstić information content (AvgIpc) is 3.05. The molecule has 1 heterocycles. The summed E-state index contributed by atoms with van der Waals surface area (Å²) < 4.78 is 5.80. The number of H-pyrrole nitrogens is 1. The molecule has 3 N–H and O–H groups in total. The predicted octanol–water partition coefficient (Wildman–Crippen LogP) is 3.77. The van der Waals surface area contributed by atoms with Gasteiger partial charge >= 0.3 is 0 Å². The van der Waals surface area contributed by atoms with E-state index in [4.69, 9.17) is 4.74 Å². The van der Waals surface area contributed by atoms with Crippen LogP contribution in [0.2, 0.25) is 0 Å². The maximum Gasteiger partial charge on any atom is 0.128 e. The highest BCUT2D eigenvalue weighted by atomic mass is 32.2. The van der Waals surface area contributed by atoms with Crippen molar-refractivity contribution in [2.45, 2.75) is 44.6 Å². The Labute approximate surface area is 143 Å². The summed E-state index contributed by atoms with van der Waals surface area (Å²) in [5.41, 5.74) is 1.05. The summed E-state index contributed by atoms with van der Waals surface area (Å²) in [4.78, 5) is 3.17. The van der Waals surface area contributed by atoms with E-state index < -0.39 is 6.10 Å².